The van der Waals surface area contributed by atoms with E-state index in [1.165, 1.54) is 0 Å². The largest absolute Gasteiger partial charge is 0.351 e. The van der Waals surface area contributed by atoms with Crippen LogP contribution in [0.2, 0.25) is 10.0 Å². The number of carbonyl (C=O) groups excluding carboxylic acids is 1. The lowest BCUT2D eigenvalue weighted by molar-refractivity contribution is 0.0249. The number of nitrogens with zero attached hydrogens (tertiary/aromatic N) is 5. The number of piperazine rings is 1. The predicted octanol–water partition coefficient (Wildman–Crippen LogP) is 4.96. The maximum atomic E-state index is 12.6. The van der Waals surface area contributed by atoms with Crippen LogP contribution in [-0.4, -0.2) is 49.3 Å². The van der Waals surface area contributed by atoms with Crippen molar-refractivity contribution < 1.29 is 4.79 Å². The van der Waals surface area contributed by atoms with Gasteiger partial charge in [0.15, 0.2) is 0 Å². The van der Waals surface area contributed by atoms with Gasteiger partial charge in [0.05, 0.1) is 16.9 Å². The van der Waals surface area contributed by atoms with Crippen molar-refractivity contribution in [2.24, 2.45) is 5.73 Å². The SMILES string of the molecule is NC(=O)N1C2CCC1(c1cccc(Cl)c1)CN(Cc1c(-c3ccc(Cl)cc3)nc3ncccn13)C2. The lowest BCUT2D eigenvalue weighted by atomic mass is 9.86. The minimum absolute atomic E-state index is 0.0384. The summed E-state index contributed by atoms with van der Waals surface area (Å²) in [5.41, 5.74) is 9.33. The van der Waals surface area contributed by atoms with Gasteiger partial charge >= 0.3 is 6.03 Å². The lowest BCUT2D eigenvalue weighted by Crippen LogP contribution is -2.62. The minimum atomic E-state index is -0.515. The molecule has 2 aliphatic heterocycles. The second kappa shape index (κ2) is 8.52. The highest BCUT2D eigenvalue weighted by Crippen LogP contribution is 2.47. The number of hydrogen-bond acceptors (Lipinski definition) is 4. The number of primary amides is 1. The molecule has 0 aliphatic carbocycles. The molecule has 2 atom stereocenters. The first-order valence-electron chi connectivity index (χ1n) is 11.6. The number of aromatic nitrogens is 3. The van der Waals surface area contributed by atoms with E-state index in [-0.39, 0.29) is 12.1 Å². The molecular formula is C26H24Cl2N6O. The second-order valence-electron chi connectivity index (χ2n) is 9.32. The zero-order valence-electron chi connectivity index (χ0n) is 18.9. The summed E-state index contributed by atoms with van der Waals surface area (Å²) in [7, 11) is 0. The number of amides is 2. The van der Waals surface area contributed by atoms with E-state index in [1.807, 2.05) is 70.1 Å². The smallest absolute Gasteiger partial charge is 0.315 e. The summed E-state index contributed by atoms with van der Waals surface area (Å²) in [5, 5.41) is 1.33. The summed E-state index contributed by atoms with van der Waals surface area (Å²) in [6.45, 7) is 2.04. The number of rotatable bonds is 4. The molecule has 0 saturated carbocycles. The van der Waals surface area contributed by atoms with Gasteiger partial charge in [-0.15, -0.1) is 0 Å². The molecule has 9 heteroatoms. The van der Waals surface area contributed by atoms with Gasteiger partial charge in [-0.25, -0.2) is 14.8 Å². The normalized spacial score (nSPS) is 22.1. The molecule has 4 heterocycles. The van der Waals surface area contributed by atoms with Crippen LogP contribution in [0, 0.1) is 0 Å². The van der Waals surface area contributed by atoms with Gasteiger partial charge in [0.2, 0.25) is 5.78 Å². The van der Waals surface area contributed by atoms with Crippen LogP contribution in [0.3, 0.4) is 0 Å². The number of urea groups is 1. The van der Waals surface area contributed by atoms with Crippen LogP contribution in [-0.2, 0) is 12.1 Å². The van der Waals surface area contributed by atoms with Crippen LogP contribution in [0.4, 0.5) is 4.79 Å². The van der Waals surface area contributed by atoms with Gasteiger partial charge in [0.1, 0.15) is 0 Å². The average molecular weight is 507 g/mol. The van der Waals surface area contributed by atoms with Gasteiger partial charge in [0, 0.05) is 53.7 Å². The van der Waals surface area contributed by atoms with Crippen LogP contribution >= 0.6 is 23.2 Å². The number of fused-ring (bicyclic) bond motifs is 3. The molecule has 2 aromatic carbocycles. The van der Waals surface area contributed by atoms with E-state index in [9.17, 15) is 4.79 Å². The Bertz CT molecular complexity index is 1420. The highest BCUT2D eigenvalue weighted by molar-refractivity contribution is 6.30. The molecule has 2 amide bonds. The summed E-state index contributed by atoms with van der Waals surface area (Å²) in [6, 6.07) is 17.1. The summed E-state index contributed by atoms with van der Waals surface area (Å²) in [5.74, 6) is 0.649. The molecule has 2 bridgehead atoms. The van der Waals surface area contributed by atoms with Crippen molar-refractivity contribution in [3.63, 3.8) is 0 Å². The molecule has 2 unspecified atom stereocenters. The predicted molar refractivity (Wildman–Crippen MR) is 136 cm³/mol. The second-order valence-corrected chi connectivity index (χ2v) is 10.2. The highest BCUT2D eigenvalue weighted by atomic mass is 35.5. The number of likely N-dealkylation sites (tertiary alicyclic amines) is 1. The van der Waals surface area contributed by atoms with Crippen molar-refractivity contribution in [3.05, 3.63) is 88.3 Å². The summed E-state index contributed by atoms with van der Waals surface area (Å²) in [4.78, 5) is 26.2. The lowest BCUT2D eigenvalue weighted by Gasteiger charge is -2.48. The standard InChI is InChI=1S/C26H24Cl2N6O/c27-19-7-5-17(6-8-19)23-22(33-12-2-11-30-25(33)31-23)15-32-14-21-9-10-26(16-32,34(21)24(29)35)18-3-1-4-20(28)13-18/h1-8,11-13,21H,9-10,14-16H2,(H2,29,35). The molecule has 0 radical (unpaired) electrons. The van der Waals surface area contributed by atoms with Gasteiger partial charge in [-0.05, 0) is 48.7 Å². The first-order chi connectivity index (χ1) is 16.9. The Morgan fingerprint density at radius 2 is 1.94 bits per heavy atom. The maximum absolute atomic E-state index is 12.6. The van der Waals surface area contributed by atoms with Gasteiger partial charge in [-0.1, -0.05) is 47.5 Å². The van der Waals surface area contributed by atoms with Crippen LogP contribution in [0.1, 0.15) is 24.1 Å². The highest BCUT2D eigenvalue weighted by Gasteiger charge is 2.54. The molecule has 2 aromatic heterocycles. The Labute approximate surface area is 213 Å². The number of nitrogens with two attached hydrogens (primary N) is 1. The van der Waals surface area contributed by atoms with Crippen LogP contribution in [0.5, 0.6) is 0 Å². The van der Waals surface area contributed by atoms with Crippen molar-refractivity contribution in [1.82, 2.24) is 24.2 Å². The van der Waals surface area contributed by atoms with Gasteiger partial charge in [-0.2, -0.15) is 0 Å². The molecule has 2 N–H and O–H groups in total. The monoisotopic (exact) mass is 506 g/mol. The quantitative estimate of drug-likeness (QED) is 0.424. The topological polar surface area (TPSA) is 79.8 Å². The number of hydrogen-bond donors (Lipinski definition) is 1. The number of halogens is 2. The molecule has 2 saturated heterocycles. The third-order valence-electron chi connectivity index (χ3n) is 7.26. The van der Waals surface area contributed by atoms with E-state index >= 15 is 0 Å². The Kier molecular flexibility index (Phi) is 5.44. The van der Waals surface area contributed by atoms with Gasteiger partial charge in [0.25, 0.3) is 0 Å². The Hall–Kier alpha value is -3.13. The van der Waals surface area contributed by atoms with Crippen molar-refractivity contribution in [2.45, 2.75) is 31.0 Å². The Balaban J connectivity index is 1.41. The minimum Gasteiger partial charge on any atom is -0.351 e. The van der Waals surface area contributed by atoms with E-state index in [2.05, 4.69) is 9.88 Å². The third-order valence-corrected chi connectivity index (χ3v) is 7.75. The fraction of sp³-hybridized carbons (Fsp3) is 0.269. The molecule has 35 heavy (non-hydrogen) atoms. The molecule has 2 aliphatic rings. The molecule has 7 nitrogen and oxygen atoms in total. The van der Waals surface area contributed by atoms with E-state index in [0.717, 1.165) is 41.9 Å². The van der Waals surface area contributed by atoms with Crippen LogP contribution in [0.15, 0.2) is 67.0 Å². The third kappa shape index (κ3) is 3.75. The fourth-order valence-electron chi connectivity index (χ4n) is 5.87. The van der Waals surface area contributed by atoms with Crippen LogP contribution < -0.4 is 5.73 Å². The molecule has 2 fully saturated rings. The Morgan fingerprint density at radius 3 is 2.71 bits per heavy atom. The van der Waals surface area contributed by atoms with E-state index in [1.54, 1.807) is 6.20 Å². The number of benzene rings is 2. The van der Waals surface area contributed by atoms with Crippen LogP contribution in [0.25, 0.3) is 17.0 Å². The van der Waals surface area contributed by atoms with Gasteiger partial charge in [-0.3, -0.25) is 9.30 Å². The van der Waals surface area contributed by atoms with Crippen molar-refractivity contribution in [2.75, 3.05) is 13.1 Å². The summed E-state index contributed by atoms with van der Waals surface area (Å²) < 4.78 is 2.04. The van der Waals surface area contributed by atoms with Gasteiger partial charge < -0.3 is 10.6 Å². The molecule has 4 aromatic rings. The number of imidazole rings is 1. The average Bonchev–Trinajstić information content (AvgIpc) is 3.33. The molecular weight excluding hydrogens is 483 g/mol. The van der Waals surface area contributed by atoms with Crippen molar-refractivity contribution in [1.29, 1.82) is 0 Å². The fourth-order valence-corrected chi connectivity index (χ4v) is 6.18. The molecule has 6 rings (SSSR count). The van der Waals surface area contributed by atoms with E-state index in [4.69, 9.17) is 33.9 Å². The Morgan fingerprint density at radius 1 is 1.11 bits per heavy atom. The van der Waals surface area contributed by atoms with Crippen molar-refractivity contribution in [3.8, 4) is 11.3 Å². The summed E-state index contributed by atoms with van der Waals surface area (Å²) >= 11 is 12.5. The van der Waals surface area contributed by atoms with E-state index in [0.29, 0.717) is 28.9 Å². The summed E-state index contributed by atoms with van der Waals surface area (Å²) in [6.07, 6.45) is 5.48. The molecule has 0 spiro atoms. The zero-order valence-corrected chi connectivity index (χ0v) is 20.5. The molecule has 178 valence electrons. The first kappa shape index (κ1) is 22.3. The van der Waals surface area contributed by atoms with Crippen molar-refractivity contribution >= 4 is 35.0 Å². The number of carbonyl (C=O) groups is 1. The maximum Gasteiger partial charge on any atom is 0.315 e. The zero-order chi connectivity index (χ0) is 24.2. The first-order valence-corrected chi connectivity index (χ1v) is 12.4. The van der Waals surface area contributed by atoms with E-state index < -0.39 is 5.54 Å².